The first kappa shape index (κ1) is 17.4. The first-order chi connectivity index (χ1) is 8.58. The van der Waals surface area contributed by atoms with Crippen LogP contribution in [0, 0.1) is 11.3 Å². The van der Waals surface area contributed by atoms with Gasteiger partial charge in [0.05, 0.1) is 12.7 Å². The largest absolute Gasteiger partial charge is 0.380 e. The van der Waals surface area contributed by atoms with Crippen molar-refractivity contribution in [2.75, 3.05) is 39.9 Å². The van der Waals surface area contributed by atoms with Crippen molar-refractivity contribution in [2.45, 2.75) is 45.6 Å². The zero-order valence-corrected chi connectivity index (χ0v) is 12.5. The summed E-state index contributed by atoms with van der Waals surface area (Å²) in [4.78, 5) is 2.28. The molecule has 0 aromatic rings. The highest BCUT2D eigenvalue weighted by Crippen LogP contribution is 2.12. The molecular formula is C14H29N3O. The summed E-state index contributed by atoms with van der Waals surface area (Å²) in [5, 5.41) is 12.4. The average Bonchev–Trinajstić information content (AvgIpc) is 2.35. The Morgan fingerprint density at radius 1 is 1.28 bits per heavy atom. The van der Waals surface area contributed by atoms with E-state index >= 15 is 0 Å². The molecule has 0 aliphatic carbocycles. The smallest absolute Gasteiger partial charge is 0.103 e. The second-order valence-corrected chi connectivity index (χ2v) is 4.93. The van der Waals surface area contributed by atoms with Crippen molar-refractivity contribution >= 4 is 0 Å². The average molecular weight is 255 g/mol. The van der Waals surface area contributed by atoms with Gasteiger partial charge in [-0.25, -0.2) is 0 Å². The van der Waals surface area contributed by atoms with Crippen molar-refractivity contribution in [2.24, 2.45) is 0 Å². The summed E-state index contributed by atoms with van der Waals surface area (Å²) in [6.07, 6.45) is 3.12. The molecule has 4 nitrogen and oxygen atoms in total. The van der Waals surface area contributed by atoms with Crippen LogP contribution in [0.3, 0.4) is 0 Å². The van der Waals surface area contributed by atoms with Crippen LogP contribution in [0.15, 0.2) is 0 Å². The van der Waals surface area contributed by atoms with Crippen LogP contribution in [-0.4, -0.2) is 50.3 Å². The highest BCUT2D eigenvalue weighted by atomic mass is 16.5. The third-order valence-corrected chi connectivity index (χ3v) is 3.10. The molecule has 0 aromatic heterocycles. The number of hydrogen-bond donors (Lipinski definition) is 1. The van der Waals surface area contributed by atoms with E-state index in [0.29, 0.717) is 0 Å². The Bertz CT molecular complexity index is 240. The molecular weight excluding hydrogens is 226 g/mol. The van der Waals surface area contributed by atoms with E-state index in [1.807, 2.05) is 20.8 Å². The van der Waals surface area contributed by atoms with Crippen molar-refractivity contribution in [3.63, 3.8) is 0 Å². The Hall–Kier alpha value is -0.630. The van der Waals surface area contributed by atoms with Crippen LogP contribution in [0.2, 0.25) is 0 Å². The van der Waals surface area contributed by atoms with Crippen molar-refractivity contribution < 1.29 is 4.74 Å². The summed E-state index contributed by atoms with van der Waals surface area (Å²) < 4.78 is 5.32. The predicted octanol–water partition coefficient (Wildman–Crippen LogP) is 2.02. The lowest BCUT2D eigenvalue weighted by Gasteiger charge is -2.23. The van der Waals surface area contributed by atoms with Crippen molar-refractivity contribution in [3.8, 4) is 6.07 Å². The van der Waals surface area contributed by atoms with Crippen molar-refractivity contribution in [1.82, 2.24) is 10.2 Å². The van der Waals surface area contributed by atoms with Crippen LogP contribution < -0.4 is 5.32 Å². The summed E-state index contributed by atoms with van der Waals surface area (Å²) >= 11 is 0. The van der Waals surface area contributed by atoms with Gasteiger partial charge >= 0.3 is 0 Å². The summed E-state index contributed by atoms with van der Waals surface area (Å²) in [5.74, 6) is 0. The number of nitrogens with one attached hydrogen (secondary N) is 1. The monoisotopic (exact) mass is 255 g/mol. The van der Waals surface area contributed by atoms with Gasteiger partial charge in [-0.3, -0.25) is 5.32 Å². The van der Waals surface area contributed by atoms with Gasteiger partial charge in [-0.15, -0.1) is 0 Å². The fraction of sp³-hybridized carbons (Fsp3) is 0.929. The minimum absolute atomic E-state index is 0.362. The number of rotatable bonds is 11. The molecule has 0 aliphatic heterocycles. The zero-order chi connectivity index (χ0) is 13.9. The van der Waals surface area contributed by atoms with E-state index in [0.717, 1.165) is 52.1 Å². The Balaban J connectivity index is 3.62. The van der Waals surface area contributed by atoms with E-state index in [4.69, 9.17) is 10.00 Å². The molecule has 0 saturated carbocycles. The van der Waals surface area contributed by atoms with E-state index < -0.39 is 0 Å². The molecule has 0 heterocycles. The molecule has 0 rings (SSSR count). The van der Waals surface area contributed by atoms with E-state index in [-0.39, 0.29) is 5.54 Å². The summed E-state index contributed by atoms with van der Waals surface area (Å²) in [6.45, 7) is 10.5. The fourth-order valence-electron chi connectivity index (χ4n) is 1.91. The highest BCUT2D eigenvalue weighted by molar-refractivity contribution is 5.03. The Morgan fingerprint density at radius 2 is 2.00 bits per heavy atom. The molecule has 0 saturated heterocycles. The Morgan fingerprint density at radius 3 is 2.56 bits per heavy atom. The number of likely N-dealkylation sites (N-methyl/N-ethyl adjacent to an activating group) is 1. The van der Waals surface area contributed by atoms with Crippen molar-refractivity contribution in [3.05, 3.63) is 0 Å². The second-order valence-electron chi connectivity index (χ2n) is 4.93. The molecule has 1 atom stereocenters. The van der Waals surface area contributed by atoms with Gasteiger partial charge in [0.25, 0.3) is 0 Å². The van der Waals surface area contributed by atoms with Gasteiger partial charge in [0.2, 0.25) is 0 Å². The molecule has 0 spiro atoms. The lowest BCUT2D eigenvalue weighted by atomic mass is 9.96. The number of ether oxygens (including phenoxy) is 1. The van der Waals surface area contributed by atoms with Gasteiger partial charge in [0, 0.05) is 13.2 Å². The highest BCUT2D eigenvalue weighted by Gasteiger charge is 2.21. The standard InChI is InChI=1S/C14H29N3O/c1-5-16-14(3,13-15)9-7-8-10-17(4)11-12-18-6-2/h16H,5-12H2,1-4H3. The topological polar surface area (TPSA) is 48.3 Å². The molecule has 4 heteroatoms. The molecule has 0 radical (unpaired) electrons. The molecule has 18 heavy (non-hydrogen) atoms. The Labute approximate surface area is 112 Å². The van der Waals surface area contributed by atoms with Crippen LogP contribution in [-0.2, 0) is 4.74 Å². The first-order valence-electron chi connectivity index (χ1n) is 7.00. The van der Waals surface area contributed by atoms with Crippen LogP contribution >= 0.6 is 0 Å². The molecule has 0 aliphatic rings. The van der Waals surface area contributed by atoms with Crippen LogP contribution in [0.25, 0.3) is 0 Å². The molecule has 1 N–H and O–H groups in total. The lowest BCUT2D eigenvalue weighted by molar-refractivity contribution is 0.121. The van der Waals surface area contributed by atoms with Gasteiger partial charge in [-0.1, -0.05) is 6.92 Å². The predicted molar refractivity (Wildman–Crippen MR) is 75.5 cm³/mol. The van der Waals surface area contributed by atoms with Gasteiger partial charge in [0.1, 0.15) is 5.54 Å². The SMILES string of the molecule is CCNC(C)(C#N)CCCCN(C)CCOCC. The first-order valence-corrected chi connectivity index (χ1v) is 7.00. The van der Waals surface area contributed by atoms with E-state index in [1.165, 1.54) is 0 Å². The van der Waals surface area contributed by atoms with Gasteiger partial charge in [-0.2, -0.15) is 5.26 Å². The second kappa shape index (κ2) is 10.3. The van der Waals surface area contributed by atoms with E-state index in [1.54, 1.807) is 0 Å². The number of hydrogen-bond acceptors (Lipinski definition) is 4. The molecule has 0 aromatic carbocycles. The van der Waals surface area contributed by atoms with E-state index in [9.17, 15) is 0 Å². The molecule has 0 amide bonds. The summed E-state index contributed by atoms with van der Waals surface area (Å²) in [7, 11) is 2.12. The maximum absolute atomic E-state index is 9.13. The molecule has 106 valence electrons. The zero-order valence-electron chi connectivity index (χ0n) is 12.5. The number of nitriles is 1. The van der Waals surface area contributed by atoms with Crippen LogP contribution in [0.4, 0.5) is 0 Å². The third kappa shape index (κ3) is 8.46. The quantitative estimate of drug-likeness (QED) is 0.574. The maximum Gasteiger partial charge on any atom is 0.103 e. The minimum Gasteiger partial charge on any atom is -0.380 e. The minimum atomic E-state index is -0.362. The van der Waals surface area contributed by atoms with Gasteiger partial charge < -0.3 is 9.64 Å². The van der Waals surface area contributed by atoms with Crippen LogP contribution in [0.1, 0.15) is 40.0 Å². The summed E-state index contributed by atoms with van der Waals surface area (Å²) in [6, 6.07) is 2.36. The fourth-order valence-corrected chi connectivity index (χ4v) is 1.91. The number of nitrogens with zero attached hydrogens (tertiary/aromatic N) is 2. The van der Waals surface area contributed by atoms with Crippen LogP contribution in [0.5, 0.6) is 0 Å². The Kier molecular flexibility index (Phi) is 9.95. The van der Waals surface area contributed by atoms with Crippen molar-refractivity contribution in [1.29, 1.82) is 5.26 Å². The number of unbranched alkanes of at least 4 members (excludes halogenated alkanes) is 1. The lowest BCUT2D eigenvalue weighted by Crippen LogP contribution is -2.40. The summed E-state index contributed by atoms with van der Waals surface area (Å²) in [5.41, 5.74) is -0.362. The van der Waals surface area contributed by atoms with Gasteiger partial charge in [0.15, 0.2) is 0 Å². The maximum atomic E-state index is 9.13. The molecule has 1 unspecified atom stereocenters. The van der Waals surface area contributed by atoms with E-state index in [2.05, 4.69) is 23.3 Å². The normalized spacial score (nSPS) is 14.4. The third-order valence-electron chi connectivity index (χ3n) is 3.10. The van der Waals surface area contributed by atoms with Gasteiger partial charge in [-0.05, 0) is 53.2 Å². The molecule has 0 bridgehead atoms. The molecule has 0 fully saturated rings.